The van der Waals surface area contributed by atoms with E-state index in [1.807, 2.05) is 6.92 Å². The predicted molar refractivity (Wildman–Crippen MR) is 142 cm³/mol. The summed E-state index contributed by atoms with van der Waals surface area (Å²) in [5.74, 6) is -0.0984. The quantitative estimate of drug-likeness (QED) is 0.159. The molecule has 3 heterocycles. The Balaban J connectivity index is 1.41. The molecule has 0 aliphatic carbocycles. The first-order valence-corrected chi connectivity index (χ1v) is 12.2. The first-order valence-electron chi connectivity index (χ1n) is 12.2. The molecule has 0 aliphatic rings. The average Bonchev–Trinajstić information content (AvgIpc) is 3.36. The molecule has 0 amide bonds. The van der Waals surface area contributed by atoms with E-state index in [0.29, 0.717) is 32.9 Å². The van der Waals surface area contributed by atoms with Gasteiger partial charge in [-0.15, -0.1) is 0 Å². The van der Waals surface area contributed by atoms with Crippen LogP contribution >= 0.6 is 0 Å². The van der Waals surface area contributed by atoms with Crippen molar-refractivity contribution in [1.29, 1.82) is 0 Å². The third kappa shape index (κ3) is 5.98. The molecule has 3 aromatic heterocycles. The Morgan fingerprint density at radius 1 is 1.07 bits per heavy atom. The lowest BCUT2D eigenvalue weighted by Crippen LogP contribution is -2.24. The lowest BCUT2D eigenvalue weighted by Gasteiger charge is -2.13. The van der Waals surface area contributed by atoms with Crippen LogP contribution in [0.3, 0.4) is 0 Å². The summed E-state index contributed by atoms with van der Waals surface area (Å²) in [5, 5.41) is 14.7. The molecule has 2 aromatic carbocycles. The summed E-state index contributed by atoms with van der Waals surface area (Å²) in [6.45, 7) is 3.58. The zero-order chi connectivity index (χ0) is 28.4. The molecule has 0 saturated heterocycles. The van der Waals surface area contributed by atoms with Gasteiger partial charge >= 0.3 is 6.18 Å². The first-order chi connectivity index (χ1) is 19.0. The highest BCUT2D eigenvalue weighted by Gasteiger charge is 2.31. The van der Waals surface area contributed by atoms with Gasteiger partial charge in [-0.25, -0.2) is 15.0 Å². The standard InChI is InChI=1S/C29H23F3N6O2/c1-18-5-6-21(13-26(18)36-28-33-8-7-25(35-28)22-4-3-9-38(40)16-22)27(39)12-20-10-23(29(30,31)32)14-24(11-20)37-15-19(2)34-17-37/h3-11,13-17H,12H2,1-2H3,(H,33,35,36). The first kappa shape index (κ1) is 26.5. The van der Waals surface area contributed by atoms with E-state index in [0.717, 1.165) is 17.7 Å². The van der Waals surface area contributed by atoms with Crippen molar-refractivity contribution < 1.29 is 22.7 Å². The number of benzene rings is 2. The van der Waals surface area contributed by atoms with Crippen molar-refractivity contribution in [2.75, 3.05) is 5.32 Å². The maximum atomic E-state index is 13.6. The third-order valence-corrected chi connectivity index (χ3v) is 6.21. The molecular formula is C29H23F3N6O2. The van der Waals surface area contributed by atoms with Crippen molar-refractivity contribution >= 4 is 17.4 Å². The van der Waals surface area contributed by atoms with Crippen LogP contribution in [0.5, 0.6) is 0 Å². The zero-order valence-corrected chi connectivity index (χ0v) is 21.5. The number of pyridine rings is 1. The topological polar surface area (TPSA) is 99.6 Å². The zero-order valence-electron chi connectivity index (χ0n) is 21.5. The van der Waals surface area contributed by atoms with Gasteiger partial charge in [0, 0.05) is 41.8 Å². The molecule has 0 spiro atoms. The Hall–Kier alpha value is -5.06. The minimum Gasteiger partial charge on any atom is -0.619 e. The van der Waals surface area contributed by atoms with Gasteiger partial charge in [0.25, 0.3) is 0 Å². The van der Waals surface area contributed by atoms with Crippen LogP contribution in [0, 0.1) is 19.1 Å². The highest BCUT2D eigenvalue weighted by Crippen LogP contribution is 2.32. The van der Waals surface area contributed by atoms with Crippen molar-refractivity contribution in [3.8, 4) is 16.9 Å². The second kappa shape index (κ2) is 10.6. The number of Topliss-reactive ketones (excluding diaryl/α,β-unsaturated/α-hetero) is 1. The van der Waals surface area contributed by atoms with Gasteiger partial charge in [-0.05, 0) is 61.4 Å². The number of hydrogen-bond donors (Lipinski definition) is 1. The van der Waals surface area contributed by atoms with Crippen LogP contribution in [-0.2, 0) is 12.6 Å². The molecule has 0 aliphatic heterocycles. The number of nitrogens with zero attached hydrogens (tertiary/aromatic N) is 5. The summed E-state index contributed by atoms with van der Waals surface area (Å²) in [4.78, 5) is 26.0. The highest BCUT2D eigenvalue weighted by molar-refractivity contribution is 5.98. The maximum absolute atomic E-state index is 13.6. The number of nitrogens with one attached hydrogen (secondary N) is 1. The monoisotopic (exact) mass is 544 g/mol. The van der Waals surface area contributed by atoms with Gasteiger partial charge in [-0.1, -0.05) is 12.1 Å². The number of anilines is 2. The summed E-state index contributed by atoms with van der Waals surface area (Å²) in [7, 11) is 0. The number of alkyl halides is 3. The third-order valence-electron chi connectivity index (χ3n) is 6.21. The van der Waals surface area contributed by atoms with Gasteiger partial charge in [0.15, 0.2) is 18.2 Å². The molecule has 40 heavy (non-hydrogen) atoms. The molecule has 0 bridgehead atoms. The van der Waals surface area contributed by atoms with Crippen molar-refractivity contribution in [2.45, 2.75) is 26.4 Å². The van der Waals surface area contributed by atoms with Gasteiger partial charge < -0.3 is 15.1 Å². The van der Waals surface area contributed by atoms with Crippen molar-refractivity contribution in [1.82, 2.24) is 19.5 Å². The second-order valence-corrected chi connectivity index (χ2v) is 9.28. The number of aryl methyl sites for hydroxylation is 2. The smallest absolute Gasteiger partial charge is 0.416 e. The lowest BCUT2D eigenvalue weighted by molar-refractivity contribution is -0.604. The molecule has 5 aromatic rings. The number of rotatable bonds is 7. The number of ketones is 1. The SMILES string of the molecule is Cc1cn(-c2cc(CC(=O)c3ccc(C)c(Nc4nccc(-c5ccc[n+]([O-])c5)n4)c3)cc(C(F)(F)F)c2)cn1. The Bertz CT molecular complexity index is 1710. The summed E-state index contributed by atoms with van der Waals surface area (Å²) in [5.41, 5.74) is 3.12. The molecule has 5 rings (SSSR count). The number of carbonyl (C=O) groups excluding carboxylic acids is 1. The summed E-state index contributed by atoms with van der Waals surface area (Å²) >= 11 is 0. The van der Waals surface area contributed by atoms with Crippen LogP contribution in [0.4, 0.5) is 24.8 Å². The van der Waals surface area contributed by atoms with Gasteiger partial charge in [-0.3, -0.25) is 4.79 Å². The van der Waals surface area contributed by atoms with E-state index in [4.69, 9.17) is 0 Å². The van der Waals surface area contributed by atoms with Crippen molar-refractivity contribution in [2.24, 2.45) is 0 Å². The van der Waals surface area contributed by atoms with Crippen LogP contribution in [0.1, 0.15) is 32.7 Å². The number of hydrogen-bond acceptors (Lipinski definition) is 6. The Labute approximate surface area is 227 Å². The van der Waals surface area contributed by atoms with Gasteiger partial charge in [0.2, 0.25) is 5.95 Å². The van der Waals surface area contributed by atoms with Crippen LogP contribution in [0.15, 0.2) is 85.7 Å². The van der Waals surface area contributed by atoms with Crippen LogP contribution < -0.4 is 10.0 Å². The van der Waals surface area contributed by atoms with Crippen LogP contribution in [-0.4, -0.2) is 25.3 Å². The van der Waals surface area contributed by atoms with E-state index in [1.54, 1.807) is 61.8 Å². The van der Waals surface area contributed by atoms with E-state index in [1.165, 1.54) is 23.3 Å². The number of halogens is 3. The van der Waals surface area contributed by atoms with E-state index >= 15 is 0 Å². The fourth-order valence-electron chi connectivity index (χ4n) is 4.18. The fraction of sp³-hybridized carbons (Fsp3) is 0.138. The fourth-order valence-corrected chi connectivity index (χ4v) is 4.18. The molecule has 202 valence electrons. The summed E-state index contributed by atoms with van der Waals surface area (Å²) in [6.07, 6.45) is 2.55. The largest absolute Gasteiger partial charge is 0.619 e. The number of imidazole rings is 1. The van der Waals surface area contributed by atoms with Gasteiger partial charge in [0.05, 0.1) is 28.8 Å². The lowest BCUT2D eigenvalue weighted by atomic mass is 9.99. The van der Waals surface area contributed by atoms with E-state index in [-0.39, 0.29) is 29.4 Å². The maximum Gasteiger partial charge on any atom is 0.416 e. The van der Waals surface area contributed by atoms with Crippen LogP contribution in [0.2, 0.25) is 0 Å². The molecule has 0 fully saturated rings. The van der Waals surface area contributed by atoms with Gasteiger partial charge in [-0.2, -0.15) is 17.9 Å². The molecule has 1 N–H and O–H groups in total. The van der Waals surface area contributed by atoms with E-state index in [2.05, 4.69) is 20.3 Å². The normalized spacial score (nSPS) is 11.4. The Morgan fingerprint density at radius 2 is 1.90 bits per heavy atom. The van der Waals surface area contributed by atoms with E-state index in [9.17, 15) is 23.2 Å². The molecule has 0 saturated carbocycles. The molecule has 0 radical (unpaired) electrons. The molecule has 0 unspecified atom stereocenters. The number of aromatic nitrogens is 5. The molecular weight excluding hydrogens is 521 g/mol. The molecule has 0 atom stereocenters. The Kier molecular flexibility index (Phi) is 7.03. The van der Waals surface area contributed by atoms with Crippen molar-refractivity contribution in [3.63, 3.8) is 0 Å². The average molecular weight is 545 g/mol. The number of carbonyl (C=O) groups is 1. The van der Waals surface area contributed by atoms with Gasteiger partial charge in [0.1, 0.15) is 0 Å². The summed E-state index contributed by atoms with van der Waals surface area (Å²) < 4.78 is 43.1. The highest BCUT2D eigenvalue weighted by atomic mass is 19.4. The molecule has 11 heteroatoms. The van der Waals surface area contributed by atoms with Crippen LogP contribution in [0.25, 0.3) is 16.9 Å². The predicted octanol–water partition coefficient (Wildman–Crippen LogP) is 5.77. The summed E-state index contributed by atoms with van der Waals surface area (Å²) in [6, 6.07) is 13.6. The Morgan fingerprint density at radius 3 is 2.62 bits per heavy atom. The molecule has 8 nitrogen and oxygen atoms in total. The van der Waals surface area contributed by atoms with Crippen molar-refractivity contribution in [3.05, 3.63) is 119 Å². The minimum absolute atomic E-state index is 0.228. The minimum atomic E-state index is -4.58. The van der Waals surface area contributed by atoms with E-state index < -0.39 is 11.7 Å². The second-order valence-electron chi connectivity index (χ2n) is 9.28.